The Morgan fingerprint density at radius 2 is 1.61 bits per heavy atom. The quantitative estimate of drug-likeness (QED) is 0.529. The summed E-state index contributed by atoms with van der Waals surface area (Å²) in [4.78, 5) is 23.8. The van der Waals surface area contributed by atoms with E-state index in [4.69, 9.17) is 16.3 Å². The number of carbonyl (C=O) groups excluding carboxylic acids is 1. The highest BCUT2D eigenvalue weighted by atomic mass is 35.5. The molecule has 0 radical (unpaired) electrons. The summed E-state index contributed by atoms with van der Waals surface area (Å²) < 4.78 is 19.8. The Morgan fingerprint density at radius 1 is 1.00 bits per heavy atom. The van der Waals surface area contributed by atoms with Crippen LogP contribution < -0.4 is 5.32 Å². The van der Waals surface area contributed by atoms with Crippen molar-refractivity contribution in [1.29, 1.82) is 0 Å². The molecule has 1 unspecified atom stereocenters. The van der Waals surface area contributed by atoms with Crippen LogP contribution in [0.15, 0.2) is 66.7 Å². The lowest BCUT2D eigenvalue weighted by molar-refractivity contribution is -0.137. The number of alkyl carbamates (subject to hydrolysis) is 1. The van der Waals surface area contributed by atoms with Crippen molar-refractivity contribution >= 4 is 23.7 Å². The summed E-state index contributed by atoms with van der Waals surface area (Å²) in [5, 5.41) is 11.5. The van der Waals surface area contributed by atoms with E-state index in [-0.39, 0.29) is 23.1 Å². The minimum Gasteiger partial charge on any atom is -0.481 e. The van der Waals surface area contributed by atoms with Gasteiger partial charge in [0.1, 0.15) is 12.4 Å². The average Bonchev–Trinajstić information content (AvgIpc) is 3.07. The first-order valence-corrected chi connectivity index (χ1v) is 10.1. The Bertz CT molecular complexity index is 1100. The van der Waals surface area contributed by atoms with Crippen LogP contribution in [0.3, 0.4) is 0 Å². The van der Waals surface area contributed by atoms with Crippen molar-refractivity contribution < 1.29 is 23.8 Å². The van der Waals surface area contributed by atoms with Crippen molar-refractivity contribution in [2.75, 3.05) is 6.61 Å². The predicted molar refractivity (Wildman–Crippen MR) is 115 cm³/mol. The lowest BCUT2D eigenvalue weighted by Gasteiger charge is -2.20. The molecule has 3 aromatic carbocycles. The highest BCUT2D eigenvalue weighted by molar-refractivity contribution is 6.30. The van der Waals surface area contributed by atoms with Crippen LogP contribution in [0.1, 0.15) is 35.1 Å². The monoisotopic (exact) mass is 439 g/mol. The fraction of sp³-hybridized carbons (Fsp3) is 0.167. The van der Waals surface area contributed by atoms with Crippen LogP contribution in [0.25, 0.3) is 11.1 Å². The van der Waals surface area contributed by atoms with Crippen molar-refractivity contribution in [3.05, 3.63) is 94.3 Å². The first-order chi connectivity index (χ1) is 15.0. The van der Waals surface area contributed by atoms with Gasteiger partial charge in [-0.15, -0.1) is 0 Å². The van der Waals surface area contributed by atoms with E-state index in [9.17, 15) is 19.1 Å². The van der Waals surface area contributed by atoms with Crippen molar-refractivity contribution in [3.63, 3.8) is 0 Å². The number of carbonyl (C=O) groups is 2. The third-order valence-corrected chi connectivity index (χ3v) is 5.66. The predicted octanol–water partition coefficient (Wildman–Crippen LogP) is 5.53. The molecule has 1 atom stereocenters. The molecule has 1 aliphatic rings. The summed E-state index contributed by atoms with van der Waals surface area (Å²) in [5.74, 6) is -2.10. The zero-order valence-corrected chi connectivity index (χ0v) is 17.1. The van der Waals surface area contributed by atoms with Gasteiger partial charge in [0.15, 0.2) is 0 Å². The highest BCUT2D eigenvalue weighted by Crippen LogP contribution is 2.44. The Kier molecular flexibility index (Phi) is 5.91. The van der Waals surface area contributed by atoms with Crippen molar-refractivity contribution in [2.45, 2.75) is 18.4 Å². The number of fused-ring (bicyclic) bond motifs is 3. The molecule has 0 fully saturated rings. The van der Waals surface area contributed by atoms with Crippen LogP contribution in [0.5, 0.6) is 0 Å². The van der Waals surface area contributed by atoms with Crippen LogP contribution in [0, 0.1) is 5.82 Å². The maximum Gasteiger partial charge on any atom is 0.407 e. The number of aliphatic carboxylic acids is 1. The zero-order valence-electron chi connectivity index (χ0n) is 16.3. The lowest BCUT2D eigenvalue weighted by atomic mass is 9.98. The number of hydrogen-bond donors (Lipinski definition) is 2. The second-order valence-corrected chi connectivity index (χ2v) is 7.67. The topological polar surface area (TPSA) is 75.6 Å². The number of carboxylic acid groups (broad SMARTS) is 1. The van der Waals surface area contributed by atoms with E-state index in [1.165, 1.54) is 18.2 Å². The van der Waals surface area contributed by atoms with Gasteiger partial charge >= 0.3 is 12.1 Å². The molecule has 0 aliphatic heterocycles. The smallest absolute Gasteiger partial charge is 0.407 e. The number of benzene rings is 3. The molecule has 0 spiro atoms. The first-order valence-electron chi connectivity index (χ1n) is 9.73. The van der Waals surface area contributed by atoms with Gasteiger partial charge in [-0.2, -0.15) is 0 Å². The fourth-order valence-corrected chi connectivity index (χ4v) is 4.17. The van der Waals surface area contributed by atoms with Gasteiger partial charge in [-0.25, -0.2) is 9.18 Å². The molecule has 7 heteroatoms. The summed E-state index contributed by atoms with van der Waals surface area (Å²) in [7, 11) is 0. The maximum atomic E-state index is 14.4. The Balaban J connectivity index is 1.50. The van der Waals surface area contributed by atoms with Crippen LogP contribution >= 0.6 is 11.6 Å². The number of nitrogens with one attached hydrogen (secondary N) is 1. The second-order valence-electron chi connectivity index (χ2n) is 7.26. The average molecular weight is 440 g/mol. The molecule has 0 heterocycles. The molecule has 0 saturated carbocycles. The summed E-state index contributed by atoms with van der Waals surface area (Å²) >= 11 is 5.81. The van der Waals surface area contributed by atoms with Gasteiger partial charge in [0.2, 0.25) is 0 Å². The molecule has 4 rings (SSSR count). The zero-order chi connectivity index (χ0) is 22.0. The number of ether oxygens (including phenoxy) is 1. The van der Waals surface area contributed by atoms with Crippen molar-refractivity contribution in [2.24, 2.45) is 0 Å². The molecular formula is C24H19ClFNO4. The van der Waals surface area contributed by atoms with Gasteiger partial charge < -0.3 is 15.2 Å². The minimum atomic E-state index is -1.19. The molecule has 0 saturated heterocycles. The van der Waals surface area contributed by atoms with E-state index >= 15 is 0 Å². The summed E-state index contributed by atoms with van der Waals surface area (Å²) in [6.45, 7) is 0.0671. The molecule has 31 heavy (non-hydrogen) atoms. The van der Waals surface area contributed by atoms with Crippen molar-refractivity contribution in [1.82, 2.24) is 5.32 Å². The molecule has 1 aliphatic carbocycles. The number of rotatable bonds is 6. The molecule has 158 valence electrons. The van der Waals surface area contributed by atoms with Crippen LogP contribution in [0.4, 0.5) is 9.18 Å². The van der Waals surface area contributed by atoms with Gasteiger partial charge in [-0.05, 0) is 28.3 Å². The van der Waals surface area contributed by atoms with E-state index < -0.39 is 30.3 Å². The largest absolute Gasteiger partial charge is 0.481 e. The molecule has 0 bridgehead atoms. The molecule has 5 nitrogen and oxygen atoms in total. The number of halogens is 2. The third-order valence-electron chi connectivity index (χ3n) is 5.37. The molecule has 2 N–H and O–H groups in total. The van der Waals surface area contributed by atoms with E-state index in [1.54, 1.807) is 0 Å². The standard InChI is InChI=1S/C24H19ClFNO4/c25-20-11-5-10-18(23(20)26)21(12-22(28)29)27-24(30)31-13-19-16-8-3-1-6-14(16)15-7-2-4-9-17(15)19/h1-11,19,21H,12-13H2,(H,27,30)(H,28,29). The summed E-state index contributed by atoms with van der Waals surface area (Å²) in [6.07, 6.45) is -1.34. The number of amides is 1. The Hall–Kier alpha value is -3.38. The van der Waals surface area contributed by atoms with E-state index in [2.05, 4.69) is 5.32 Å². The summed E-state index contributed by atoms with van der Waals surface area (Å²) in [5.41, 5.74) is 4.29. The van der Waals surface area contributed by atoms with Gasteiger partial charge in [-0.3, -0.25) is 4.79 Å². The van der Waals surface area contributed by atoms with Gasteiger partial charge in [-0.1, -0.05) is 72.3 Å². The molecular weight excluding hydrogens is 421 g/mol. The Labute approximate surface area is 183 Å². The maximum absolute atomic E-state index is 14.4. The number of carboxylic acids is 1. The van der Waals surface area contributed by atoms with Gasteiger partial charge in [0.05, 0.1) is 17.5 Å². The van der Waals surface area contributed by atoms with Crippen molar-refractivity contribution in [3.8, 4) is 11.1 Å². The normalized spacial score (nSPS) is 13.2. The van der Waals surface area contributed by atoms with Gasteiger partial charge in [0.25, 0.3) is 0 Å². The van der Waals surface area contributed by atoms with E-state index in [1.807, 2.05) is 48.5 Å². The second kappa shape index (κ2) is 8.78. The summed E-state index contributed by atoms with van der Waals surface area (Å²) in [6, 6.07) is 18.9. The van der Waals surface area contributed by atoms with Crippen LogP contribution in [-0.4, -0.2) is 23.8 Å². The van der Waals surface area contributed by atoms with Crippen LogP contribution in [0.2, 0.25) is 5.02 Å². The fourth-order valence-electron chi connectivity index (χ4n) is 3.99. The molecule has 0 aromatic heterocycles. The van der Waals surface area contributed by atoms with E-state index in [0.29, 0.717) is 0 Å². The highest BCUT2D eigenvalue weighted by Gasteiger charge is 2.30. The van der Waals surface area contributed by atoms with Gasteiger partial charge in [0, 0.05) is 11.5 Å². The lowest BCUT2D eigenvalue weighted by Crippen LogP contribution is -2.32. The minimum absolute atomic E-state index is 0.0107. The molecule has 1 amide bonds. The Morgan fingerprint density at radius 3 is 2.23 bits per heavy atom. The number of hydrogen-bond acceptors (Lipinski definition) is 3. The van der Waals surface area contributed by atoms with Crippen LogP contribution in [-0.2, 0) is 9.53 Å². The first kappa shape index (κ1) is 20.9. The van der Waals surface area contributed by atoms with E-state index in [0.717, 1.165) is 22.3 Å². The molecule has 3 aromatic rings. The third kappa shape index (κ3) is 4.25. The SMILES string of the molecule is O=C(O)CC(NC(=O)OCC1c2ccccc2-c2ccccc21)c1cccc(Cl)c1F.